The van der Waals surface area contributed by atoms with Crippen molar-refractivity contribution in [3.05, 3.63) is 217 Å². The predicted molar refractivity (Wildman–Crippen MR) is 261 cm³/mol. The van der Waals surface area contributed by atoms with E-state index >= 15 is 0 Å². The first kappa shape index (κ1) is 45.7. The number of allylic oxidation sites excluding steroid dienone is 4. The Morgan fingerprint density at radius 1 is 0.583 bits per heavy atom. The van der Waals surface area contributed by atoms with Crippen molar-refractivity contribution in [3.63, 3.8) is 0 Å². The van der Waals surface area contributed by atoms with E-state index in [1.54, 1.807) is 37.6 Å². The second kappa shape index (κ2) is 21.8. The zero-order chi connectivity index (χ0) is 39.8. The Balaban J connectivity index is 0.00000302. The van der Waals surface area contributed by atoms with Crippen molar-refractivity contribution in [1.29, 1.82) is 0 Å². The number of rotatable bonds is 16. The third-order valence-corrected chi connectivity index (χ3v) is 20.9. The molecule has 0 nitrogen and oxygen atoms in total. The molecule has 0 aliphatic heterocycles. The van der Waals surface area contributed by atoms with E-state index in [4.69, 9.17) is 0 Å². The van der Waals surface area contributed by atoms with Gasteiger partial charge >= 0.3 is 359 Å². The van der Waals surface area contributed by atoms with Crippen molar-refractivity contribution in [2.24, 2.45) is 0 Å². The van der Waals surface area contributed by atoms with Gasteiger partial charge in [0.15, 0.2) is 0 Å². The Morgan fingerprint density at radius 3 is 1.55 bits per heavy atom. The van der Waals surface area contributed by atoms with Gasteiger partial charge in [-0.05, 0) is 0 Å². The fraction of sp³-hybridized carbons (Fsp3) is 0.281. The van der Waals surface area contributed by atoms with E-state index in [-0.39, 0.29) is 24.8 Å². The van der Waals surface area contributed by atoms with E-state index in [1.165, 1.54) is 64.6 Å². The van der Waals surface area contributed by atoms with Crippen LogP contribution in [-0.4, -0.2) is 3.21 Å². The summed E-state index contributed by atoms with van der Waals surface area (Å²) in [6.45, 7) is 9.68. The summed E-state index contributed by atoms with van der Waals surface area (Å²) in [5.74, 6) is 0.984. The molecule has 308 valence electrons. The Morgan fingerprint density at radius 2 is 1.07 bits per heavy atom. The number of fused-ring (bicyclic) bond motifs is 3. The Labute approximate surface area is 381 Å². The van der Waals surface area contributed by atoms with Crippen molar-refractivity contribution >= 4 is 31.3 Å². The molecule has 0 fully saturated rings. The Bertz CT molecular complexity index is 2380. The van der Waals surface area contributed by atoms with Gasteiger partial charge in [0.1, 0.15) is 0 Å². The maximum atomic E-state index is 2.71. The minimum absolute atomic E-state index is 0. The van der Waals surface area contributed by atoms with Crippen LogP contribution in [0.3, 0.4) is 0 Å². The van der Waals surface area contributed by atoms with Crippen LogP contribution in [0, 0.1) is 13.8 Å². The molecular formula is C57H62Cl2Zr. The van der Waals surface area contributed by atoms with E-state index < -0.39 is 21.3 Å². The molecule has 0 bridgehead atoms. The van der Waals surface area contributed by atoms with Gasteiger partial charge in [0.05, 0.1) is 0 Å². The first-order valence-corrected chi connectivity index (χ1v) is 25.7. The molecule has 2 atom stereocenters. The summed E-state index contributed by atoms with van der Waals surface area (Å²) in [5.41, 5.74) is 18.2. The first-order valence-electron chi connectivity index (χ1n) is 22.0. The molecule has 0 radical (unpaired) electrons. The number of hydrogen-bond acceptors (Lipinski definition) is 0. The molecule has 2 unspecified atom stereocenters. The average Bonchev–Trinajstić information content (AvgIpc) is 3.91. The number of aryl methyl sites for hydroxylation is 1. The maximum absolute atomic E-state index is 2.75. The quantitative estimate of drug-likeness (QED) is 0.0906. The second-order valence-corrected chi connectivity index (χ2v) is 23.4. The topological polar surface area (TPSA) is 0 Å². The standard InChI is InChI=1S/C37H41.C15H14.C5H5.2ClH.Zr/c1-5-13-30(21-28-15-9-7-10-16-28)34-24-36-32(19-26(34)3)23-33-20-27(4)35(25-37(33)36)31(14-6-2)22-29-17-11-8-12-18-29;1-3-8-14(9-4-1)12-7-13-15-10-5-2-6-11-15;1-2-4-5-3-1;;;/h7-12,15-19,24-25,30-31H,5-6,13-14,21-23H2,1-4H3;1-6,8-11H,12-13H2;1-3H,4H2;2*1H;. The summed E-state index contributed by atoms with van der Waals surface area (Å²) in [6, 6.07) is 53.2. The van der Waals surface area contributed by atoms with Crippen LogP contribution < -0.4 is 3.27 Å². The van der Waals surface area contributed by atoms with Gasteiger partial charge in [0.2, 0.25) is 0 Å². The summed E-state index contributed by atoms with van der Waals surface area (Å²) in [6.07, 6.45) is 18.5. The molecule has 0 aromatic heterocycles. The smallest absolute Gasteiger partial charge is 0.147 e. The Kier molecular flexibility index (Phi) is 16.6. The summed E-state index contributed by atoms with van der Waals surface area (Å²) < 4.78 is 5.32. The molecule has 0 saturated heterocycles. The number of benzene rings is 6. The summed E-state index contributed by atoms with van der Waals surface area (Å²) in [4.78, 5) is 0. The van der Waals surface area contributed by atoms with Gasteiger partial charge < -0.3 is 0 Å². The fourth-order valence-electron chi connectivity index (χ4n) is 10.2. The molecule has 2 aliphatic rings. The molecule has 6 aromatic rings. The Hall–Kier alpha value is -3.87. The summed E-state index contributed by atoms with van der Waals surface area (Å²) in [5, 5.41) is 0. The van der Waals surface area contributed by atoms with Crippen molar-refractivity contribution in [2.75, 3.05) is 0 Å². The van der Waals surface area contributed by atoms with Crippen LogP contribution in [0.5, 0.6) is 0 Å². The largest absolute Gasteiger partial charge is 0.147 e. The predicted octanol–water partition coefficient (Wildman–Crippen LogP) is 14.7. The zero-order valence-electron chi connectivity index (χ0n) is 36.1. The van der Waals surface area contributed by atoms with Crippen molar-refractivity contribution in [3.8, 4) is 11.1 Å². The van der Waals surface area contributed by atoms with Gasteiger partial charge in [0, 0.05) is 0 Å². The normalized spacial score (nSPS) is 13.4. The molecule has 0 amide bonds. The van der Waals surface area contributed by atoms with Crippen molar-refractivity contribution in [2.45, 2.75) is 104 Å². The minimum Gasteiger partial charge on any atom is -0.147 e. The van der Waals surface area contributed by atoms with Crippen LogP contribution in [0.1, 0.15) is 113 Å². The van der Waals surface area contributed by atoms with E-state index in [0.717, 1.165) is 38.5 Å². The maximum Gasteiger partial charge on any atom is -0.147 e. The first-order chi connectivity index (χ1) is 28.5. The van der Waals surface area contributed by atoms with Crippen LogP contribution in [-0.2, 0) is 53.4 Å². The molecular weight excluding hydrogens is 847 g/mol. The molecule has 8 rings (SSSR count). The molecule has 3 heteroatoms. The van der Waals surface area contributed by atoms with Gasteiger partial charge in [-0.15, -0.1) is 24.8 Å². The van der Waals surface area contributed by atoms with Gasteiger partial charge in [-0.1, -0.05) is 0 Å². The average molecular weight is 909 g/mol. The van der Waals surface area contributed by atoms with Gasteiger partial charge in [0.25, 0.3) is 0 Å². The van der Waals surface area contributed by atoms with E-state index in [9.17, 15) is 0 Å². The second-order valence-electron chi connectivity index (χ2n) is 17.0. The zero-order valence-corrected chi connectivity index (χ0v) is 40.1. The minimum atomic E-state index is -2.75. The molecule has 0 spiro atoms. The van der Waals surface area contributed by atoms with E-state index in [2.05, 4.69) is 185 Å². The third-order valence-electron chi connectivity index (χ3n) is 12.9. The van der Waals surface area contributed by atoms with Gasteiger partial charge in [-0.3, -0.25) is 0 Å². The molecule has 60 heavy (non-hydrogen) atoms. The van der Waals surface area contributed by atoms with Gasteiger partial charge in [-0.25, -0.2) is 0 Å². The number of hydrogen-bond donors (Lipinski definition) is 0. The molecule has 2 aliphatic carbocycles. The number of halogens is 2. The van der Waals surface area contributed by atoms with Crippen molar-refractivity contribution in [1.82, 2.24) is 0 Å². The van der Waals surface area contributed by atoms with Crippen LogP contribution in [0.2, 0.25) is 0 Å². The van der Waals surface area contributed by atoms with Crippen LogP contribution in [0.4, 0.5) is 0 Å². The fourth-order valence-corrected chi connectivity index (χ4v) is 18.9. The molecule has 0 saturated carbocycles. The third kappa shape index (κ3) is 10.4. The molecule has 0 N–H and O–H groups in total. The van der Waals surface area contributed by atoms with Crippen LogP contribution in [0.25, 0.3) is 11.1 Å². The van der Waals surface area contributed by atoms with Crippen LogP contribution >= 0.6 is 24.8 Å². The molecule has 6 aromatic carbocycles. The van der Waals surface area contributed by atoms with Crippen LogP contribution in [0.15, 0.2) is 161 Å². The monoisotopic (exact) mass is 906 g/mol. The SMILES string of the molecule is CCCC(Cc1ccccc1)c1cc2c(cc1C)Cc1c-2cc(C(CCC)Cc2ccccc2)c(C)[c]1[Zr]([C]1=CC=CC1)=[C](Cc1ccccc1)Cc1ccccc1.Cl.Cl. The summed E-state index contributed by atoms with van der Waals surface area (Å²) in [7, 11) is 0. The van der Waals surface area contributed by atoms with Gasteiger partial charge in [-0.2, -0.15) is 0 Å². The van der Waals surface area contributed by atoms with E-state index in [0.29, 0.717) is 11.8 Å². The van der Waals surface area contributed by atoms with Crippen molar-refractivity contribution < 1.29 is 21.3 Å². The van der Waals surface area contributed by atoms with E-state index in [1.807, 2.05) is 0 Å². The summed E-state index contributed by atoms with van der Waals surface area (Å²) >= 11 is -2.75. The molecule has 0 heterocycles.